The predicted octanol–water partition coefficient (Wildman–Crippen LogP) is 6.20. The fraction of sp³-hybridized carbons (Fsp3) is 0.241. The summed E-state index contributed by atoms with van der Waals surface area (Å²) in [6, 6.07) is 13.9. The molecule has 218 valence electrons. The van der Waals surface area contributed by atoms with Crippen molar-refractivity contribution in [3.05, 3.63) is 95.5 Å². The highest BCUT2D eigenvalue weighted by molar-refractivity contribution is 5.97. The van der Waals surface area contributed by atoms with Gasteiger partial charge in [0, 0.05) is 44.4 Å². The number of oxazole rings is 1. The Morgan fingerprint density at radius 3 is 2.31 bits per heavy atom. The number of halogens is 5. The maximum absolute atomic E-state index is 13.9. The first-order valence-corrected chi connectivity index (χ1v) is 13.0. The highest BCUT2D eigenvalue weighted by Gasteiger charge is 2.41. The average Bonchev–Trinajstić information content (AvgIpc) is 3.29. The first kappa shape index (κ1) is 28.7. The third kappa shape index (κ3) is 6.40. The fourth-order valence-electron chi connectivity index (χ4n) is 4.54. The second-order valence-electron chi connectivity index (χ2n) is 9.54. The number of para-hydroxylation sites is 1. The van der Waals surface area contributed by atoms with Gasteiger partial charge in [-0.3, -0.25) is 4.79 Å². The van der Waals surface area contributed by atoms with Gasteiger partial charge in [0.2, 0.25) is 11.7 Å². The predicted molar refractivity (Wildman–Crippen MR) is 143 cm³/mol. The van der Waals surface area contributed by atoms with Crippen LogP contribution in [0.2, 0.25) is 0 Å². The van der Waals surface area contributed by atoms with E-state index in [4.69, 9.17) is 4.42 Å². The molecule has 1 aliphatic rings. The largest absolute Gasteiger partial charge is 0.452 e. The normalized spacial score (nSPS) is 14.0. The van der Waals surface area contributed by atoms with Gasteiger partial charge in [-0.05, 0) is 42.3 Å². The molecule has 2 amide bonds. The van der Waals surface area contributed by atoms with Crippen LogP contribution in [0.1, 0.15) is 28.2 Å². The number of hydrogen-bond acceptors (Lipinski definition) is 6. The summed E-state index contributed by atoms with van der Waals surface area (Å²) >= 11 is 0. The minimum atomic E-state index is -4.91. The Morgan fingerprint density at radius 1 is 0.905 bits per heavy atom. The molecule has 1 N–H and O–H groups in total. The molecule has 1 aliphatic heterocycles. The summed E-state index contributed by atoms with van der Waals surface area (Å²) in [7, 11) is 0. The first-order valence-electron chi connectivity index (χ1n) is 13.0. The number of ketones is 1. The van der Waals surface area contributed by atoms with Crippen molar-refractivity contribution in [1.29, 1.82) is 0 Å². The lowest BCUT2D eigenvalue weighted by atomic mass is 10.1. The smallest absolute Gasteiger partial charge is 0.431 e. The molecule has 3 heterocycles. The van der Waals surface area contributed by atoms with Crippen molar-refractivity contribution in [1.82, 2.24) is 14.9 Å². The van der Waals surface area contributed by atoms with E-state index in [1.807, 2.05) is 4.90 Å². The van der Waals surface area contributed by atoms with E-state index in [1.165, 1.54) is 29.3 Å². The van der Waals surface area contributed by atoms with Gasteiger partial charge in [0.25, 0.3) is 0 Å². The molecule has 0 unspecified atom stereocenters. The van der Waals surface area contributed by atoms with Crippen molar-refractivity contribution in [3.8, 4) is 11.5 Å². The lowest BCUT2D eigenvalue weighted by Gasteiger charge is -2.23. The first-order chi connectivity index (χ1) is 20.1. The Bertz CT molecular complexity index is 1550. The van der Waals surface area contributed by atoms with E-state index >= 15 is 0 Å². The summed E-state index contributed by atoms with van der Waals surface area (Å²) in [5, 5.41) is 2.28. The van der Waals surface area contributed by atoms with Crippen LogP contribution >= 0.6 is 0 Å². The van der Waals surface area contributed by atoms with Crippen LogP contribution in [0.4, 0.5) is 38.3 Å². The van der Waals surface area contributed by atoms with Crippen molar-refractivity contribution in [2.75, 3.05) is 36.4 Å². The van der Waals surface area contributed by atoms with Crippen molar-refractivity contribution in [2.45, 2.75) is 19.0 Å². The Kier molecular flexibility index (Phi) is 8.18. The van der Waals surface area contributed by atoms with Crippen LogP contribution in [-0.4, -0.2) is 52.9 Å². The average molecular weight is 586 g/mol. The zero-order valence-electron chi connectivity index (χ0n) is 22.0. The standard InChI is InChI=1S/C29H24F5N5O3/c30-20-8-4-9-21(31)24(20)37-28(41)39-13-5-12-38(14-15-39)23-11-10-18(17-35-23)16-22(40)25-26(29(32,33)34)42-27(36-25)19-6-2-1-3-7-19/h1-4,6-11,17H,5,12-16H2,(H,37,41). The number of aromatic nitrogens is 2. The number of alkyl halides is 3. The van der Waals surface area contributed by atoms with Crippen LogP contribution in [-0.2, 0) is 12.6 Å². The summed E-state index contributed by atoms with van der Waals surface area (Å²) in [5.74, 6) is -3.84. The monoisotopic (exact) mass is 585 g/mol. The lowest BCUT2D eigenvalue weighted by molar-refractivity contribution is -0.153. The van der Waals surface area contributed by atoms with Crippen molar-refractivity contribution in [3.63, 3.8) is 0 Å². The molecule has 0 aliphatic carbocycles. The molecule has 5 rings (SSSR count). The molecule has 0 atom stereocenters. The van der Waals surface area contributed by atoms with E-state index in [2.05, 4.69) is 15.3 Å². The number of nitrogens with zero attached hydrogens (tertiary/aromatic N) is 4. The molecule has 1 saturated heterocycles. The van der Waals surface area contributed by atoms with Gasteiger partial charge in [0.15, 0.2) is 11.5 Å². The Balaban J connectivity index is 1.23. The number of carbonyl (C=O) groups excluding carboxylic acids is 2. The van der Waals surface area contributed by atoms with Crippen LogP contribution in [0, 0.1) is 11.6 Å². The van der Waals surface area contributed by atoms with Crippen molar-refractivity contribution < 1.29 is 36.0 Å². The topological polar surface area (TPSA) is 91.6 Å². The maximum Gasteiger partial charge on any atom is 0.452 e. The third-order valence-electron chi connectivity index (χ3n) is 6.65. The van der Waals surface area contributed by atoms with Crippen LogP contribution < -0.4 is 10.2 Å². The van der Waals surface area contributed by atoms with Crippen molar-refractivity contribution >= 4 is 23.3 Å². The fourth-order valence-corrected chi connectivity index (χ4v) is 4.54. The molecular formula is C29H24F5N5O3. The summed E-state index contributed by atoms with van der Waals surface area (Å²) in [6.07, 6.45) is -3.34. The highest BCUT2D eigenvalue weighted by atomic mass is 19.4. The van der Waals surface area contributed by atoms with Gasteiger partial charge < -0.3 is 19.5 Å². The molecule has 0 radical (unpaired) electrons. The highest BCUT2D eigenvalue weighted by Crippen LogP contribution is 2.35. The van der Waals surface area contributed by atoms with Crippen LogP contribution in [0.5, 0.6) is 0 Å². The van der Waals surface area contributed by atoms with Crippen LogP contribution in [0.3, 0.4) is 0 Å². The Morgan fingerprint density at radius 2 is 1.64 bits per heavy atom. The second kappa shape index (κ2) is 12.0. The van der Waals surface area contributed by atoms with Gasteiger partial charge in [0.1, 0.15) is 23.1 Å². The molecule has 0 saturated carbocycles. The molecule has 4 aromatic rings. The van der Waals surface area contributed by atoms with E-state index in [9.17, 15) is 31.5 Å². The second-order valence-corrected chi connectivity index (χ2v) is 9.54. The molecule has 2 aromatic carbocycles. The number of nitrogens with one attached hydrogen (secondary N) is 1. The van der Waals surface area contributed by atoms with Gasteiger partial charge >= 0.3 is 12.2 Å². The minimum Gasteiger partial charge on any atom is -0.431 e. The van der Waals surface area contributed by atoms with E-state index in [0.717, 1.165) is 12.1 Å². The van der Waals surface area contributed by atoms with Gasteiger partial charge in [0.05, 0.1) is 0 Å². The molecule has 42 heavy (non-hydrogen) atoms. The van der Waals surface area contributed by atoms with Crippen molar-refractivity contribution in [2.24, 2.45) is 0 Å². The van der Waals surface area contributed by atoms with E-state index in [-0.39, 0.29) is 18.9 Å². The van der Waals surface area contributed by atoms with Gasteiger partial charge in [-0.1, -0.05) is 30.3 Å². The zero-order chi connectivity index (χ0) is 29.9. The number of rotatable bonds is 6. The summed E-state index contributed by atoms with van der Waals surface area (Å²) in [4.78, 5) is 37.1. The van der Waals surface area contributed by atoms with Crippen LogP contribution in [0.25, 0.3) is 11.5 Å². The molecular weight excluding hydrogens is 561 g/mol. The van der Waals surface area contributed by atoms with Gasteiger partial charge in [-0.15, -0.1) is 0 Å². The number of Topliss-reactive ketones (excluding diaryl/α,β-unsaturated/α-hetero) is 1. The number of anilines is 2. The van der Waals surface area contributed by atoms with E-state index < -0.39 is 46.8 Å². The number of hydrogen-bond donors (Lipinski definition) is 1. The maximum atomic E-state index is 13.9. The zero-order valence-corrected chi connectivity index (χ0v) is 22.0. The quantitative estimate of drug-likeness (QED) is 0.214. The minimum absolute atomic E-state index is 0.250. The number of pyridine rings is 1. The van der Waals surface area contributed by atoms with E-state index in [0.29, 0.717) is 43.0 Å². The van der Waals surface area contributed by atoms with Crippen LogP contribution in [0.15, 0.2) is 71.3 Å². The number of benzene rings is 2. The molecule has 13 heteroatoms. The Labute approximate surface area is 236 Å². The number of amides is 2. The summed E-state index contributed by atoms with van der Waals surface area (Å²) in [5.41, 5.74) is -0.629. The molecule has 2 aromatic heterocycles. The molecule has 8 nitrogen and oxygen atoms in total. The third-order valence-corrected chi connectivity index (χ3v) is 6.65. The molecule has 0 bridgehead atoms. The Hall–Kier alpha value is -4.81. The summed E-state index contributed by atoms with van der Waals surface area (Å²) < 4.78 is 73.7. The number of urea groups is 1. The lowest BCUT2D eigenvalue weighted by Crippen LogP contribution is -2.38. The molecule has 0 spiro atoms. The summed E-state index contributed by atoms with van der Waals surface area (Å²) in [6.45, 7) is 1.49. The van der Waals surface area contributed by atoms with Gasteiger partial charge in [-0.25, -0.2) is 23.5 Å². The SMILES string of the molecule is O=C(Cc1ccc(N2CCCN(C(=O)Nc3c(F)cccc3F)CC2)nc1)c1nc(-c2ccccc2)oc1C(F)(F)F. The van der Waals surface area contributed by atoms with Gasteiger partial charge in [-0.2, -0.15) is 13.2 Å². The molecule has 1 fully saturated rings. The number of carbonyl (C=O) groups is 2. The van der Waals surface area contributed by atoms with E-state index in [1.54, 1.807) is 30.3 Å².